The third-order valence-electron chi connectivity index (χ3n) is 6.74. The first-order valence-corrected chi connectivity index (χ1v) is 13.2. The summed E-state index contributed by atoms with van der Waals surface area (Å²) in [6.07, 6.45) is 4.83. The van der Waals surface area contributed by atoms with Crippen LogP contribution >= 0.6 is 15.9 Å². The minimum absolute atomic E-state index is 0.0771. The zero-order valence-electron chi connectivity index (χ0n) is 20.4. The van der Waals surface area contributed by atoms with E-state index in [0.717, 1.165) is 52.1 Å². The highest BCUT2D eigenvalue weighted by Crippen LogP contribution is 2.33. The van der Waals surface area contributed by atoms with E-state index in [1.165, 1.54) is 0 Å². The average molecular weight is 537 g/mol. The summed E-state index contributed by atoms with van der Waals surface area (Å²) in [7, 11) is 0. The van der Waals surface area contributed by atoms with Crippen molar-refractivity contribution in [2.75, 3.05) is 6.61 Å². The van der Waals surface area contributed by atoms with E-state index in [4.69, 9.17) is 4.74 Å². The number of amides is 2. The molecule has 35 heavy (non-hydrogen) atoms. The first-order chi connectivity index (χ1) is 17.0. The largest absolute Gasteiger partial charge is 0.483 e. The lowest BCUT2D eigenvalue weighted by molar-refractivity contribution is -0.143. The molecule has 0 spiro atoms. The van der Waals surface area contributed by atoms with Crippen LogP contribution in [0.4, 0.5) is 0 Å². The maximum absolute atomic E-state index is 13.5. The van der Waals surface area contributed by atoms with E-state index in [1.54, 1.807) is 4.90 Å². The van der Waals surface area contributed by atoms with Crippen molar-refractivity contribution < 1.29 is 14.3 Å². The number of nitrogens with one attached hydrogen (secondary N) is 1. The van der Waals surface area contributed by atoms with Crippen LogP contribution < -0.4 is 10.1 Å². The molecule has 1 aliphatic rings. The molecule has 4 rings (SSSR count). The van der Waals surface area contributed by atoms with Gasteiger partial charge in [-0.25, -0.2) is 0 Å². The first kappa shape index (κ1) is 25.2. The van der Waals surface area contributed by atoms with E-state index in [9.17, 15) is 9.59 Å². The number of fused-ring (bicyclic) bond motifs is 1. The van der Waals surface area contributed by atoms with Crippen molar-refractivity contribution in [3.63, 3.8) is 0 Å². The molecule has 3 aromatic carbocycles. The van der Waals surface area contributed by atoms with E-state index < -0.39 is 6.04 Å². The van der Waals surface area contributed by atoms with Crippen LogP contribution in [0, 0.1) is 6.92 Å². The van der Waals surface area contributed by atoms with Gasteiger partial charge in [-0.3, -0.25) is 9.59 Å². The fraction of sp³-hybridized carbons (Fsp3) is 0.379. The van der Waals surface area contributed by atoms with Crippen LogP contribution in [-0.2, 0) is 16.1 Å². The molecule has 0 radical (unpaired) electrons. The minimum atomic E-state index is -0.548. The Bertz CT molecular complexity index is 1170. The minimum Gasteiger partial charge on any atom is -0.483 e. The standard InChI is InChI=1S/C29H33BrN2O3/c1-3-25(29(34)31-23-9-5-6-10-23)32(18-21-14-12-20(2)13-15-21)27(33)19-35-26-17-16-22-8-4-7-11-24(22)28(26)30/h4,7-8,11-17,23,25H,3,5-6,9-10,18-19H2,1-2H3,(H,31,34). The zero-order valence-corrected chi connectivity index (χ0v) is 22.0. The molecular formula is C29H33BrN2O3. The zero-order chi connectivity index (χ0) is 24.8. The van der Waals surface area contributed by atoms with Crippen molar-refractivity contribution in [1.82, 2.24) is 10.2 Å². The fourth-order valence-electron chi connectivity index (χ4n) is 4.72. The van der Waals surface area contributed by atoms with E-state index >= 15 is 0 Å². The number of hydrogen-bond acceptors (Lipinski definition) is 3. The van der Waals surface area contributed by atoms with Crippen LogP contribution in [0.25, 0.3) is 10.8 Å². The Hall–Kier alpha value is -2.86. The van der Waals surface area contributed by atoms with Gasteiger partial charge < -0.3 is 15.0 Å². The maximum Gasteiger partial charge on any atom is 0.261 e. The Morgan fingerprint density at radius 2 is 1.77 bits per heavy atom. The SMILES string of the molecule is CCC(C(=O)NC1CCCC1)N(Cc1ccc(C)cc1)C(=O)COc1ccc2ccccc2c1Br. The van der Waals surface area contributed by atoms with E-state index in [1.807, 2.05) is 74.5 Å². The summed E-state index contributed by atoms with van der Waals surface area (Å²) in [6, 6.07) is 19.6. The first-order valence-electron chi connectivity index (χ1n) is 12.4. The normalized spacial score (nSPS) is 14.6. The number of hydrogen-bond donors (Lipinski definition) is 1. The van der Waals surface area contributed by atoms with Gasteiger partial charge in [-0.1, -0.05) is 79.9 Å². The van der Waals surface area contributed by atoms with Crippen molar-refractivity contribution in [1.29, 1.82) is 0 Å². The van der Waals surface area contributed by atoms with Crippen LogP contribution in [0.3, 0.4) is 0 Å². The van der Waals surface area contributed by atoms with Gasteiger partial charge in [-0.05, 0) is 64.5 Å². The maximum atomic E-state index is 13.5. The Kier molecular flexibility index (Phi) is 8.45. The molecule has 3 aromatic rings. The number of benzene rings is 3. The number of carbonyl (C=O) groups is 2. The summed E-state index contributed by atoms with van der Waals surface area (Å²) in [4.78, 5) is 28.4. The number of halogens is 1. The predicted molar refractivity (Wildman–Crippen MR) is 143 cm³/mol. The van der Waals surface area contributed by atoms with Crippen molar-refractivity contribution in [3.05, 3.63) is 76.3 Å². The number of ether oxygens (including phenoxy) is 1. The molecule has 1 unspecified atom stereocenters. The molecule has 1 fully saturated rings. The van der Waals surface area contributed by atoms with Gasteiger partial charge >= 0.3 is 0 Å². The van der Waals surface area contributed by atoms with Crippen LogP contribution in [0.1, 0.15) is 50.2 Å². The van der Waals surface area contributed by atoms with E-state index in [-0.39, 0.29) is 24.5 Å². The number of nitrogens with zero attached hydrogens (tertiary/aromatic N) is 1. The van der Waals surface area contributed by atoms with Gasteiger partial charge in [0, 0.05) is 12.6 Å². The highest BCUT2D eigenvalue weighted by molar-refractivity contribution is 9.10. The Morgan fingerprint density at radius 3 is 2.49 bits per heavy atom. The second-order valence-electron chi connectivity index (χ2n) is 9.31. The predicted octanol–water partition coefficient (Wildman–Crippen LogP) is 6.16. The van der Waals surface area contributed by atoms with Crippen LogP contribution in [-0.4, -0.2) is 35.4 Å². The molecule has 2 amide bonds. The molecule has 1 saturated carbocycles. The van der Waals surface area contributed by atoms with Gasteiger partial charge in [0.25, 0.3) is 5.91 Å². The van der Waals surface area contributed by atoms with Gasteiger partial charge in [0.1, 0.15) is 11.8 Å². The number of rotatable bonds is 9. The van der Waals surface area contributed by atoms with Crippen LogP contribution in [0.2, 0.25) is 0 Å². The van der Waals surface area contributed by atoms with Crippen molar-refractivity contribution in [2.24, 2.45) is 0 Å². The van der Waals surface area contributed by atoms with Crippen LogP contribution in [0.5, 0.6) is 5.75 Å². The lowest BCUT2D eigenvalue weighted by Crippen LogP contribution is -2.52. The summed E-state index contributed by atoms with van der Waals surface area (Å²) in [5.74, 6) is 0.321. The van der Waals surface area contributed by atoms with Crippen molar-refractivity contribution >= 4 is 38.5 Å². The molecule has 0 heterocycles. The number of aryl methyl sites for hydroxylation is 1. The van der Waals surface area contributed by atoms with Crippen molar-refractivity contribution in [2.45, 2.75) is 64.6 Å². The Labute approximate surface area is 216 Å². The summed E-state index contributed by atoms with van der Waals surface area (Å²) in [5.41, 5.74) is 2.14. The van der Waals surface area contributed by atoms with Crippen LogP contribution in [0.15, 0.2) is 65.1 Å². The highest BCUT2D eigenvalue weighted by Gasteiger charge is 2.31. The second kappa shape index (κ2) is 11.7. The van der Waals surface area contributed by atoms with Gasteiger partial charge in [0.15, 0.2) is 6.61 Å². The molecule has 6 heteroatoms. The fourth-order valence-corrected chi connectivity index (χ4v) is 5.33. The summed E-state index contributed by atoms with van der Waals surface area (Å²) >= 11 is 3.63. The molecule has 1 aliphatic carbocycles. The average Bonchev–Trinajstić information content (AvgIpc) is 3.37. The van der Waals surface area contributed by atoms with E-state index in [2.05, 4.69) is 21.2 Å². The topological polar surface area (TPSA) is 58.6 Å². The van der Waals surface area contributed by atoms with E-state index in [0.29, 0.717) is 18.7 Å². The third kappa shape index (κ3) is 6.23. The van der Waals surface area contributed by atoms with Gasteiger partial charge in [-0.2, -0.15) is 0 Å². The quantitative estimate of drug-likeness (QED) is 0.356. The lowest BCUT2D eigenvalue weighted by Gasteiger charge is -2.31. The molecule has 0 aromatic heterocycles. The highest BCUT2D eigenvalue weighted by atomic mass is 79.9. The lowest BCUT2D eigenvalue weighted by atomic mass is 10.1. The molecule has 0 saturated heterocycles. The second-order valence-corrected chi connectivity index (χ2v) is 10.1. The summed E-state index contributed by atoms with van der Waals surface area (Å²) < 4.78 is 6.80. The van der Waals surface area contributed by atoms with Gasteiger partial charge in [0.05, 0.1) is 4.47 Å². The molecule has 184 valence electrons. The molecule has 5 nitrogen and oxygen atoms in total. The van der Waals surface area contributed by atoms with Gasteiger partial charge in [-0.15, -0.1) is 0 Å². The number of carbonyl (C=O) groups excluding carboxylic acids is 2. The summed E-state index contributed by atoms with van der Waals surface area (Å²) in [5, 5.41) is 5.30. The molecule has 0 aliphatic heterocycles. The smallest absolute Gasteiger partial charge is 0.261 e. The molecular weight excluding hydrogens is 504 g/mol. The van der Waals surface area contributed by atoms with Crippen molar-refractivity contribution in [3.8, 4) is 5.75 Å². The Balaban J connectivity index is 1.53. The molecule has 0 bridgehead atoms. The third-order valence-corrected chi connectivity index (χ3v) is 7.56. The van der Waals surface area contributed by atoms with Gasteiger partial charge in [0.2, 0.25) is 5.91 Å². The molecule has 1 N–H and O–H groups in total. The summed E-state index contributed by atoms with van der Waals surface area (Å²) in [6.45, 7) is 4.20. The molecule has 1 atom stereocenters. The monoisotopic (exact) mass is 536 g/mol. The Morgan fingerprint density at radius 1 is 1.06 bits per heavy atom.